The van der Waals surface area contributed by atoms with Crippen molar-refractivity contribution >= 4 is 217 Å². The Hall–Kier alpha value is -10.7. The Morgan fingerprint density at radius 2 is 0.586 bits per heavy atom. The third kappa shape index (κ3) is 27.5. The summed E-state index contributed by atoms with van der Waals surface area (Å²) in [7, 11) is -5.94. The van der Waals surface area contributed by atoms with E-state index in [1.165, 1.54) is 0 Å². The van der Waals surface area contributed by atoms with Crippen molar-refractivity contribution in [1.29, 1.82) is 0 Å². The zero-order valence-electron chi connectivity index (χ0n) is 71.1. The predicted octanol–water partition coefficient (Wildman–Crippen LogP) is 9.99. The summed E-state index contributed by atoms with van der Waals surface area (Å²) in [6.45, 7) is 18.3. The highest BCUT2D eigenvalue weighted by molar-refractivity contribution is 7.93. The second-order valence-electron chi connectivity index (χ2n) is 31.0. The molecular formula is C82H100Cl5N29O8S4. The van der Waals surface area contributed by atoms with Crippen LogP contribution in [0.1, 0.15) is 11.1 Å². The fourth-order valence-electron chi connectivity index (χ4n) is 13.8. The van der Waals surface area contributed by atoms with E-state index in [9.17, 15) is 33.7 Å². The number of piperazine rings is 4. The molecule has 0 spiro atoms. The summed E-state index contributed by atoms with van der Waals surface area (Å²) in [4.78, 5) is 71.3. The van der Waals surface area contributed by atoms with Crippen molar-refractivity contribution in [2.45, 2.75) is 13.8 Å². The number of aryl methyl sites for hydroxylation is 2. The summed E-state index contributed by atoms with van der Waals surface area (Å²) in [5.41, 5.74) is 12.6. The molecule has 4 aliphatic rings. The SMILES string of the molecule is CN1CCN(c2nc(NCCS(=O)(=O)Nc3cccc(Cl)c3)c3cc(Cl)ncc3n2)CC1.CN1CCN(c2nc(NCCS(=O)(=O)Nc3ccccc3N)c3cc(Cl)ncc3n2)CC1.Cc1cccc(NS(=O)(=O)CCNc2nc(N3CCN(C)CC3)nc3cnc(Cl)cc23)c1.Cc1cccc(NS(=O)(=O)CCNc2nc(N3CCN(C)CC3)nc3cnc(Cl)cc23)c1. The number of nitrogen functional groups attached to an aromatic ring is 1. The number of pyridine rings is 4. The van der Waals surface area contributed by atoms with Gasteiger partial charge in [0, 0.05) is 175 Å². The minimum atomic E-state index is -3.62. The summed E-state index contributed by atoms with van der Waals surface area (Å²) in [6.07, 6.45) is 6.42. The second kappa shape index (κ2) is 43.2. The first-order valence-corrected chi connectivity index (χ1v) is 49.5. The molecule has 8 aromatic heterocycles. The Balaban J connectivity index is 0.000000146. The van der Waals surface area contributed by atoms with Crippen LogP contribution in [0.25, 0.3) is 43.6 Å². The highest BCUT2D eigenvalue weighted by Gasteiger charge is 2.27. The van der Waals surface area contributed by atoms with E-state index in [2.05, 4.69) is 167 Å². The molecule has 10 N–H and O–H groups in total. The normalized spacial score (nSPS) is 15.1. The highest BCUT2D eigenvalue weighted by atomic mass is 35.5. The minimum Gasteiger partial charge on any atom is -0.397 e. The van der Waals surface area contributed by atoms with E-state index in [1.54, 1.807) is 122 Å². The number of hydrogen-bond donors (Lipinski definition) is 9. The number of nitrogens with one attached hydrogen (secondary N) is 8. The van der Waals surface area contributed by atoms with Crippen LogP contribution >= 0.6 is 58.0 Å². The molecule has 37 nitrogen and oxygen atoms in total. The van der Waals surface area contributed by atoms with E-state index >= 15 is 0 Å². The number of benzene rings is 4. The number of rotatable bonds is 28. The monoisotopic (exact) mass is 1920 g/mol. The Kier molecular flexibility index (Phi) is 32.0. The van der Waals surface area contributed by atoms with Crippen LogP contribution in [0.2, 0.25) is 25.6 Å². The average molecular weight is 1930 g/mol. The van der Waals surface area contributed by atoms with Gasteiger partial charge in [-0.15, -0.1) is 0 Å². The van der Waals surface area contributed by atoms with Crippen LogP contribution in [0.4, 0.5) is 75.5 Å². The smallest absolute Gasteiger partial charge is 0.234 e. The van der Waals surface area contributed by atoms with Gasteiger partial charge in [0.25, 0.3) is 0 Å². The lowest BCUT2D eigenvalue weighted by atomic mass is 10.2. The van der Waals surface area contributed by atoms with Gasteiger partial charge in [0.2, 0.25) is 63.9 Å². The lowest BCUT2D eigenvalue weighted by molar-refractivity contribution is 0.311. The molecule has 0 atom stereocenters. The quantitative estimate of drug-likeness (QED) is 0.0162. The molecule has 46 heteroatoms. The van der Waals surface area contributed by atoms with Crippen molar-refractivity contribution in [3.8, 4) is 0 Å². The van der Waals surface area contributed by atoms with Crippen LogP contribution in [-0.4, -0.2) is 295 Å². The van der Waals surface area contributed by atoms with Crippen LogP contribution in [0.15, 0.2) is 146 Å². The van der Waals surface area contributed by atoms with E-state index < -0.39 is 40.1 Å². The number of fused-ring (bicyclic) bond motifs is 4. The van der Waals surface area contributed by atoms with Gasteiger partial charge in [-0.05, 0) is 132 Å². The van der Waals surface area contributed by atoms with Gasteiger partial charge in [-0.25, -0.2) is 73.5 Å². The number of likely N-dealkylation sites (N-methyl/N-ethyl adjacent to an activating group) is 4. The van der Waals surface area contributed by atoms with Crippen LogP contribution in [0, 0.1) is 13.8 Å². The van der Waals surface area contributed by atoms with E-state index in [-0.39, 0.29) is 49.2 Å². The molecule has 16 rings (SSSR count). The predicted molar refractivity (Wildman–Crippen MR) is 516 cm³/mol. The van der Waals surface area contributed by atoms with E-state index in [0.717, 1.165) is 116 Å². The lowest BCUT2D eigenvalue weighted by Crippen LogP contribution is -2.45. The van der Waals surface area contributed by atoms with Crippen molar-refractivity contribution < 1.29 is 33.7 Å². The van der Waals surface area contributed by atoms with E-state index in [4.69, 9.17) is 63.7 Å². The van der Waals surface area contributed by atoms with Crippen molar-refractivity contribution in [3.05, 3.63) is 183 Å². The van der Waals surface area contributed by atoms with Gasteiger partial charge in [0.05, 0.1) is 81.2 Å². The molecule has 0 radical (unpaired) electrons. The zero-order chi connectivity index (χ0) is 90.9. The summed E-state index contributed by atoms with van der Waals surface area (Å²) in [5, 5.41) is 17.1. The lowest BCUT2D eigenvalue weighted by Gasteiger charge is -2.32. The van der Waals surface area contributed by atoms with Crippen molar-refractivity contribution in [2.75, 3.05) is 248 Å². The standard InChI is InChI=1S/2C21H26ClN7O2S.C20H23Cl2N7O2S.C20H25ClN8O2S/c2*1-15-4-3-5-16(12-15)27-32(30,31)11-6-23-20-17-13-19(22)24-14-18(17)25-21(26-20)29-9-7-28(2)8-10-29;1-28-6-8-29(9-7-28)20-25-17-13-24-18(22)12-16(17)19(26-20)23-5-10-32(30,31)27-15-4-2-3-14(21)11-15;1-28-7-9-29(10-8-28)20-25-17-13-24-18(21)12-14(17)19(26-20)23-6-11-32(30,31)27-16-5-3-2-4-15(16)22/h2*3-5,12-14,27H,6-11H2,1-2H3,(H,23,25,26);2-4,11-13,27H,5-10H2,1H3,(H,23,25,26);2-5,12-13,27H,6-11,22H2,1H3,(H,23,25,26). The number of nitrogens with zero attached hydrogens (tertiary/aromatic N) is 20. The molecule has 12 heterocycles. The maximum Gasteiger partial charge on any atom is 0.234 e. The molecule has 4 saturated heterocycles. The Morgan fingerprint density at radius 1 is 0.320 bits per heavy atom. The van der Waals surface area contributed by atoms with Crippen LogP contribution < -0.4 is 65.5 Å². The molecule has 12 aromatic rings. The molecule has 4 aliphatic heterocycles. The van der Waals surface area contributed by atoms with Crippen molar-refractivity contribution in [3.63, 3.8) is 0 Å². The summed E-state index contributed by atoms with van der Waals surface area (Å²) in [5.74, 6) is 3.91. The van der Waals surface area contributed by atoms with Gasteiger partial charge in [-0.3, -0.25) is 18.9 Å². The van der Waals surface area contributed by atoms with E-state index in [1.807, 2.05) is 38.1 Å². The highest BCUT2D eigenvalue weighted by Crippen LogP contribution is 2.32. The van der Waals surface area contributed by atoms with Crippen LogP contribution in [0.3, 0.4) is 0 Å². The summed E-state index contributed by atoms with van der Waals surface area (Å²) in [6, 6.07) is 34.5. The first-order chi connectivity index (χ1) is 61.2. The number of aromatic nitrogens is 12. The Labute approximate surface area is 769 Å². The van der Waals surface area contributed by atoms with Gasteiger partial charge in [-0.2, -0.15) is 19.9 Å². The molecule has 0 bridgehead atoms. The largest absolute Gasteiger partial charge is 0.397 e. The number of halogens is 5. The third-order valence-electron chi connectivity index (χ3n) is 20.9. The molecular weight excluding hydrogens is 1820 g/mol. The number of hydrogen-bond acceptors (Lipinski definition) is 33. The number of anilines is 13. The van der Waals surface area contributed by atoms with Gasteiger partial charge in [-0.1, -0.05) is 100 Å². The summed E-state index contributed by atoms with van der Waals surface area (Å²) >= 11 is 30.3. The average Bonchev–Trinajstić information content (AvgIpc) is 0.801. The maximum absolute atomic E-state index is 12.5. The van der Waals surface area contributed by atoms with Gasteiger partial charge in [0.1, 0.15) is 43.9 Å². The fourth-order valence-corrected chi connectivity index (χ4v) is 18.5. The molecule has 0 amide bonds. The van der Waals surface area contributed by atoms with E-state index in [0.29, 0.717) is 145 Å². The fraction of sp³-hybridized carbons (Fsp3) is 0.366. The second-order valence-corrected chi connectivity index (χ2v) is 40.3. The molecule has 680 valence electrons. The number of sulfonamides is 4. The number of para-hydroxylation sites is 2. The molecule has 0 saturated carbocycles. The molecule has 4 fully saturated rings. The van der Waals surface area contributed by atoms with Crippen LogP contribution in [0.5, 0.6) is 0 Å². The molecule has 4 aromatic carbocycles. The first-order valence-electron chi connectivity index (χ1n) is 41.0. The molecule has 128 heavy (non-hydrogen) atoms. The van der Waals surface area contributed by atoms with Gasteiger partial charge in [0.15, 0.2) is 0 Å². The number of nitrogens with two attached hydrogens (primary N) is 1. The third-order valence-corrected chi connectivity index (χ3v) is 27.1. The van der Waals surface area contributed by atoms with Crippen molar-refractivity contribution in [1.82, 2.24) is 79.4 Å². The van der Waals surface area contributed by atoms with Gasteiger partial charge < -0.3 is 66.2 Å². The Morgan fingerprint density at radius 3 is 0.859 bits per heavy atom. The molecule has 0 aliphatic carbocycles. The Bertz CT molecular complexity index is 5930. The molecule has 0 unspecified atom stereocenters. The van der Waals surface area contributed by atoms with Crippen LogP contribution in [-0.2, 0) is 40.1 Å². The topological polar surface area (TPSA) is 439 Å². The zero-order valence-corrected chi connectivity index (χ0v) is 78.2. The minimum absolute atomic E-state index is 0.116. The first kappa shape index (κ1) is 94.9. The summed E-state index contributed by atoms with van der Waals surface area (Å²) < 4.78 is 110. The van der Waals surface area contributed by atoms with Gasteiger partial charge >= 0.3 is 0 Å². The van der Waals surface area contributed by atoms with Crippen molar-refractivity contribution in [2.24, 2.45) is 0 Å². The maximum atomic E-state index is 12.5.